The second kappa shape index (κ2) is 9.05. The van der Waals surface area contributed by atoms with Gasteiger partial charge in [0.15, 0.2) is 0 Å². The van der Waals surface area contributed by atoms with Gasteiger partial charge >= 0.3 is 0 Å². The molecule has 5 heteroatoms. The molecular formula is C22H18Br2ClNO. The van der Waals surface area contributed by atoms with E-state index in [4.69, 9.17) is 16.3 Å². The minimum absolute atomic E-state index is 0.463. The van der Waals surface area contributed by atoms with Gasteiger partial charge in [-0.05, 0) is 104 Å². The second-order valence-corrected chi connectivity index (χ2v) is 8.40. The van der Waals surface area contributed by atoms with Crippen LogP contribution in [0.4, 0.5) is 5.69 Å². The molecular weight excluding hydrogens is 490 g/mol. The Labute approximate surface area is 181 Å². The Kier molecular flexibility index (Phi) is 6.74. The molecule has 0 amide bonds. The van der Waals surface area contributed by atoms with Crippen molar-refractivity contribution in [1.82, 2.24) is 0 Å². The SMILES string of the molecule is Cc1ccc(N=Cc2cc(Br)c(OCc3ccc(Cl)cc3)c(Br)c2)cc1C. The first-order valence-electron chi connectivity index (χ1n) is 8.40. The maximum absolute atomic E-state index is 5.96. The summed E-state index contributed by atoms with van der Waals surface area (Å²) in [6, 6.07) is 17.8. The van der Waals surface area contributed by atoms with Crippen molar-refractivity contribution in [2.24, 2.45) is 4.99 Å². The zero-order valence-electron chi connectivity index (χ0n) is 15.0. The summed E-state index contributed by atoms with van der Waals surface area (Å²) in [5, 5.41) is 0.716. The molecule has 2 nitrogen and oxygen atoms in total. The topological polar surface area (TPSA) is 21.6 Å². The Bertz CT molecular complexity index is 961. The maximum Gasteiger partial charge on any atom is 0.148 e. The number of halogens is 3. The maximum atomic E-state index is 5.96. The second-order valence-electron chi connectivity index (χ2n) is 6.26. The van der Waals surface area contributed by atoms with E-state index in [-0.39, 0.29) is 0 Å². The first-order valence-corrected chi connectivity index (χ1v) is 10.4. The lowest BCUT2D eigenvalue weighted by Gasteiger charge is -2.11. The molecule has 0 N–H and O–H groups in total. The zero-order chi connectivity index (χ0) is 19.4. The summed E-state index contributed by atoms with van der Waals surface area (Å²) in [6.07, 6.45) is 1.85. The molecule has 0 aromatic heterocycles. The van der Waals surface area contributed by atoms with Crippen LogP contribution >= 0.6 is 43.5 Å². The van der Waals surface area contributed by atoms with E-state index in [9.17, 15) is 0 Å². The molecule has 0 radical (unpaired) electrons. The predicted octanol–water partition coefficient (Wildman–Crippen LogP) is 7.81. The summed E-state index contributed by atoms with van der Waals surface area (Å²) >= 11 is 13.1. The van der Waals surface area contributed by atoms with Crippen molar-refractivity contribution in [1.29, 1.82) is 0 Å². The number of hydrogen-bond donors (Lipinski definition) is 0. The Hall–Kier alpha value is -1.62. The summed E-state index contributed by atoms with van der Waals surface area (Å²) in [7, 11) is 0. The summed E-state index contributed by atoms with van der Waals surface area (Å²) in [6.45, 7) is 4.65. The van der Waals surface area contributed by atoms with Crippen molar-refractivity contribution in [3.8, 4) is 5.75 Å². The molecule has 0 heterocycles. The Morgan fingerprint density at radius 3 is 2.22 bits per heavy atom. The van der Waals surface area contributed by atoms with Gasteiger partial charge in [0, 0.05) is 11.2 Å². The molecule has 3 aromatic rings. The molecule has 0 fully saturated rings. The molecule has 0 atom stereocenters. The molecule has 0 aliphatic heterocycles. The molecule has 0 bridgehead atoms. The fraction of sp³-hybridized carbons (Fsp3) is 0.136. The molecule has 0 saturated carbocycles. The lowest BCUT2D eigenvalue weighted by Crippen LogP contribution is -1.97. The van der Waals surface area contributed by atoms with E-state index in [0.717, 1.165) is 31.5 Å². The van der Waals surface area contributed by atoms with Gasteiger partial charge in [0.1, 0.15) is 12.4 Å². The summed E-state index contributed by atoms with van der Waals surface area (Å²) in [5.41, 5.74) is 5.47. The van der Waals surface area contributed by atoms with E-state index in [0.29, 0.717) is 11.6 Å². The quantitative estimate of drug-likeness (QED) is 0.323. The van der Waals surface area contributed by atoms with Crippen molar-refractivity contribution in [3.63, 3.8) is 0 Å². The highest BCUT2D eigenvalue weighted by Crippen LogP contribution is 2.35. The first-order chi connectivity index (χ1) is 12.9. The lowest BCUT2D eigenvalue weighted by atomic mass is 10.1. The van der Waals surface area contributed by atoms with Gasteiger partial charge in [-0.15, -0.1) is 0 Å². The van der Waals surface area contributed by atoms with E-state index >= 15 is 0 Å². The third-order valence-corrected chi connectivity index (χ3v) is 5.60. The van der Waals surface area contributed by atoms with Gasteiger partial charge in [-0.2, -0.15) is 0 Å². The van der Waals surface area contributed by atoms with Crippen molar-refractivity contribution >= 4 is 55.4 Å². The van der Waals surface area contributed by atoms with Gasteiger partial charge in [-0.1, -0.05) is 29.8 Å². The highest BCUT2D eigenvalue weighted by atomic mass is 79.9. The van der Waals surface area contributed by atoms with Crippen LogP contribution in [0.2, 0.25) is 5.02 Å². The van der Waals surface area contributed by atoms with Crippen LogP contribution < -0.4 is 4.74 Å². The first kappa shape index (κ1) is 20.1. The number of hydrogen-bond acceptors (Lipinski definition) is 2. The van der Waals surface area contributed by atoms with E-state index < -0.39 is 0 Å². The number of aliphatic imine (C=N–C) groups is 1. The van der Waals surface area contributed by atoms with Crippen LogP contribution in [-0.2, 0) is 6.61 Å². The van der Waals surface area contributed by atoms with Crippen molar-refractivity contribution in [2.75, 3.05) is 0 Å². The van der Waals surface area contributed by atoms with Gasteiger partial charge < -0.3 is 4.74 Å². The van der Waals surface area contributed by atoms with Crippen LogP contribution in [0, 0.1) is 13.8 Å². The van der Waals surface area contributed by atoms with E-state index in [1.54, 1.807) is 0 Å². The molecule has 0 saturated heterocycles. The molecule has 0 aliphatic rings. The molecule has 0 spiro atoms. The largest absolute Gasteiger partial charge is 0.487 e. The number of benzene rings is 3. The average Bonchev–Trinajstić information content (AvgIpc) is 2.63. The highest BCUT2D eigenvalue weighted by molar-refractivity contribution is 9.11. The highest BCUT2D eigenvalue weighted by Gasteiger charge is 2.09. The van der Waals surface area contributed by atoms with Gasteiger partial charge in [0.25, 0.3) is 0 Å². The molecule has 0 unspecified atom stereocenters. The molecule has 3 rings (SSSR count). The minimum Gasteiger partial charge on any atom is -0.487 e. The third kappa shape index (κ3) is 5.44. The smallest absolute Gasteiger partial charge is 0.148 e. The molecule has 3 aromatic carbocycles. The molecule has 0 aliphatic carbocycles. The number of ether oxygens (including phenoxy) is 1. The lowest BCUT2D eigenvalue weighted by molar-refractivity contribution is 0.302. The van der Waals surface area contributed by atoms with Crippen LogP contribution in [0.1, 0.15) is 22.3 Å². The van der Waals surface area contributed by atoms with E-state index in [2.05, 4.69) is 62.8 Å². The van der Waals surface area contributed by atoms with E-state index in [1.807, 2.05) is 48.7 Å². The van der Waals surface area contributed by atoms with Crippen molar-refractivity contribution in [3.05, 3.63) is 90.8 Å². The van der Waals surface area contributed by atoms with Crippen LogP contribution in [0.5, 0.6) is 5.75 Å². The van der Waals surface area contributed by atoms with Crippen LogP contribution in [0.15, 0.2) is 68.5 Å². The minimum atomic E-state index is 0.463. The van der Waals surface area contributed by atoms with Crippen LogP contribution in [0.3, 0.4) is 0 Å². The Balaban J connectivity index is 1.74. The standard InChI is InChI=1S/C22H18Br2ClNO/c1-14-3-8-19(9-15(14)2)26-12-17-10-20(23)22(21(24)11-17)27-13-16-4-6-18(25)7-5-16/h3-12H,13H2,1-2H3. The van der Waals surface area contributed by atoms with Gasteiger partial charge in [0.2, 0.25) is 0 Å². The van der Waals surface area contributed by atoms with Crippen LogP contribution in [-0.4, -0.2) is 6.21 Å². The van der Waals surface area contributed by atoms with Gasteiger partial charge in [-0.25, -0.2) is 0 Å². The van der Waals surface area contributed by atoms with Crippen LogP contribution in [0.25, 0.3) is 0 Å². The number of nitrogens with zero attached hydrogens (tertiary/aromatic N) is 1. The van der Waals surface area contributed by atoms with E-state index in [1.165, 1.54) is 11.1 Å². The average molecular weight is 508 g/mol. The normalized spacial score (nSPS) is 11.1. The summed E-state index contributed by atoms with van der Waals surface area (Å²) in [4.78, 5) is 4.57. The van der Waals surface area contributed by atoms with Crippen molar-refractivity contribution < 1.29 is 4.74 Å². The Morgan fingerprint density at radius 1 is 0.926 bits per heavy atom. The fourth-order valence-electron chi connectivity index (χ4n) is 2.48. The third-order valence-electron chi connectivity index (χ3n) is 4.17. The molecule has 138 valence electrons. The number of rotatable bonds is 5. The van der Waals surface area contributed by atoms with Crippen molar-refractivity contribution in [2.45, 2.75) is 20.5 Å². The Morgan fingerprint density at radius 2 is 1.59 bits per heavy atom. The monoisotopic (exact) mass is 505 g/mol. The van der Waals surface area contributed by atoms with Gasteiger partial charge in [0.05, 0.1) is 14.6 Å². The summed E-state index contributed by atoms with van der Waals surface area (Å²) < 4.78 is 7.69. The van der Waals surface area contributed by atoms with Gasteiger partial charge in [-0.3, -0.25) is 4.99 Å². The zero-order valence-corrected chi connectivity index (χ0v) is 18.9. The fourth-order valence-corrected chi connectivity index (χ4v) is 4.06. The predicted molar refractivity (Wildman–Crippen MR) is 121 cm³/mol. The number of aryl methyl sites for hydroxylation is 2. The molecule has 27 heavy (non-hydrogen) atoms. The summed E-state index contributed by atoms with van der Waals surface area (Å²) in [5.74, 6) is 0.758.